The predicted molar refractivity (Wildman–Crippen MR) is 161 cm³/mol. The van der Waals surface area contributed by atoms with Gasteiger partial charge in [-0.3, -0.25) is 24.5 Å². The first kappa shape index (κ1) is 27.2. The van der Waals surface area contributed by atoms with E-state index >= 15 is 0 Å². The second kappa shape index (κ2) is 10.3. The minimum Gasteiger partial charge on any atom is -0.495 e. The van der Waals surface area contributed by atoms with Crippen molar-refractivity contribution < 1.29 is 24.0 Å². The van der Waals surface area contributed by atoms with E-state index in [9.17, 15) is 24.5 Å². The Kier molecular flexibility index (Phi) is 6.35. The third-order valence-electron chi connectivity index (χ3n) is 8.98. The lowest BCUT2D eigenvalue weighted by molar-refractivity contribution is -0.384. The monoisotopic (exact) mass is 586 g/mol. The molecule has 1 saturated heterocycles. The van der Waals surface area contributed by atoms with Crippen LogP contribution in [0, 0.1) is 22.0 Å². The predicted octanol–water partition coefficient (Wildman–Crippen LogP) is 4.50. The molecule has 0 radical (unpaired) electrons. The van der Waals surface area contributed by atoms with E-state index in [2.05, 4.69) is 10.5 Å². The van der Waals surface area contributed by atoms with Crippen molar-refractivity contribution in [2.45, 2.75) is 17.8 Å². The molecule has 3 aliphatic carbocycles. The van der Waals surface area contributed by atoms with E-state index in [1.54, 1.807) is 30.5 Å². The molecule has 8 rings (SSSR count). The number of ether oxygens (including phenoxy) is 1. The third-order valence-corrected chi connectivity index (χ3v) is 8.98. The van der Waals surface area contributed by atoms with Gasteiger partial charge in [0.15, 0.2) is 0 Å². The highest BCUT2D eigenvalue weighted by atomic mass is 16.6. The third kappa shape index (κ3) is 3.87. The van der Waals surface area contributed by atoms with Gasteiger partial charge in [-0.2, -0.15) is 5.10 Å². The van der Waals surface area contributed by atoms with E-state index in [4.69, 9.17) is 4.74 Å². The summed E-state index contributed by atoms with van der Waals surface area (Å²) in [4.78, 5) is 53.4. The number of hydrogen-bond donors (Lipinski definition) is 1. The Hall–Kier alpha value is -5.64. The van der Waals surface area contributed by atoms with E-state index < -0.39 is 28.1 Å². The fraction of sp³-hybridized carbons (Fsp3) is 0.176. The zero-order valence-corrected chi connectivity index (χ0v) is 23.5. The molecule has 10 nitrogen and oxygen atoms in total. The van der Waals surface area contributed by atoms with Crippen molar-refractivity contribution in [2.75, 3.05) is 12.0 Å². The second-order valence-electron chi connectivity index (χ2n) is 11.1. The summed E-state index contributed by atoms with van der Waals surface area (Å²) >= 11 is 0. The van der Waals surface area contributed by atoms with E-state index in [1.165, 1.54) is 36.3 Å². The SMILES string of the molecule is COc1ccccc1N1C(=O)[C@H]2C3c4ccccc4C(/C=N\NC(=O)Cc4ccc([N+](=O)[O-])cc4)(c4ccccc43)[C@H]2C1=O. The number of hydrogen-bond acceptors (Lipinski definition) is 7. The smallest absolute Gasteiger partial charge is 0.269 e. The molecule has 218 valence electrons. The lowest BCUT2D eigenvalue weighted by Crippen LogP contribution is -2.54. The van der Waals surface area contributed by atoms with Gasteiger partial charge in [0.05, 0.1) is 41.4 Å². The van der Waals surface area contributed by atoms with Crippen LogP contribution in [0.5, 0.6) is 5.75 Å². The molecule has 10 heteroatoms. The van der Waals surface area contributed by atoms with Gasteiger partial charge in [-0.05, 0) is 39.9 Å². The number of amides is 3. The Balaban J connectivity index is 1.31. The Morgan fingerprint density at radius 2 is 1.55 bits per heavy atom. The maximum Gasteiger partial charge on any atom is 0.269 e. The Labute approximate surface area is 252 Å². The number of nitro groups is 1. The van der Waals surface area contributed by atoms with Crippen molar-refractivity contribution >= 4 is 35.3 Å². The van der Waals surface area contributed by atoms with Crippen molar-refractivity contribution in [1.82, 2.24) is 5.43 Å². The topological polar surface area (TPSA) is 131 Å². The number of rotatable bonds is 7. The summed E-state index contributed by atoms with van der Waals surface area (Å²) in [5.74, 6) is -2.53. The van der Waals surface area contributed by atoms with Gasteiger partial charge in [-0.1, -0.05) is 72.8 Å². The number of benzene rings is 4. The van der Waals surface area contributed by atoms with E-state index in [0.29, 0.717) is 17.0 Å². The minimum atomic E-state index is -1.14. The summed E-state index contributed by atoms with van der Waals surface area (Å²) in [6.07, 6.45) is 1.55. The van der Waals surface area contributed by atoms with Crippen LogP contribution in [0.25, 0.3) is 0 Å². The van der Waals surface area contributed by atoms with Gasteiger partial charge in [0.2, 0.25) is 17.7 Å². The molecule has 2 atom stereocenters. The molecule has 4 aromatic carbocycles. The zero-order valence-electron chi connectivity index (χ0n) is 23.5. The lowest BCUT2D eigenvalue weighted by Gasteiger charge is -2.52. The number of anilines is 1. The quantitative estimate of drug-likeness (QED) is 0.147. The van der Waals surface area contributed by atoms with Crippen molar-refractivity contribution in [3.05, 3.63) is 135 Å². The van der Waals surface area contributed by atoms with Gasteiger partial charge in [-0.15, -0.1) is 0 Å². The molecule has 1 aliphatic heterocycles. The van der Waals surface area contributed by atoms with Crippen molar-refractivity contribution in [3.8, 4) is 5.75 Å². The van der Waals surface area contributed by atoms with Gasteiger partial charge in [0, 0.05) is 24.3 Å². The van der Waals surface area contributed by atoms with Gasteiger partial charge in [-0.25, -0.2) is 10.3 Å². The van der Waals surface area contributed by atoms with Crippen LogP contribution < -0.4 is 15.1 Å². The average molecular weight is 587 g/mol. The molecule has 0 unspecified atom stereocenters. The number of nitrogens with zero attached hydrogens (tertiary/aromatic N) is 3. The Morgan fingerprint density at radius 3 is 2.18 bits per heavy atom. The largest absolute Gasteiger partial charge is 0.495 e. The summed E-state index contributed by atoms with van der Waals surface area (Å²) < 4.78 is 5.53. The maximum absolute atomic E-state index is 14.5. The van der Waals surface area contributed by atoms with Crippen molar-refractivity contribution in [2.24, 2.45) is 16.9 Å². The molecule has 1 fully saturated rings. The van der Waals surface area contributed by atoms with E-state index in [0.717, 1.165) is 22.3 Å². The number of imide groups is 1. The molecule has 1 N–H and O–H groups in total. The first-order valence-corrected chi connectivity index (χ1v) is 14.1. The highest BCUT2D eigenvalue weighted by Gasteiger charge is 2.68. The molecule has 1 heterocycles. The van der Waals surface area contributed by atoms with Crippen LogP contribution in [-0.4, -0.2) is 36.0 Å². The minimum absolute atomic E-state index is 0.0529. The highest BCUT2D eigenvalue weighted by Crippen LogP contribution is 2.63. The molecule has 4 aliphatic rings. The number of para-hydroxylation sites is 2. The van der Waals surface area contributed by atoms with Crippen LogP contribution in [0.1, 0.15) is 33.7 Å². The van der Waals surface area contributed by atoms with Crippen LogP contribution in [0.3, 0.4) is 0 Å². The fourth-order valence-corrected chi connectivity index (χ4v) is 7.27. The number of hydrazone groups is 1. The molecule has 44 heavy (non-hydrogen) atoms. The number of carbonyl (C=O) groups excluding carboxylic acids is 3. The van der Waals surface area contributed by atoms with Crippen LogP contribution in [0.4, 0.5) is 11.4 Å². The van der Waals surface area contributed by atoms with Gasteiger partial charge >= 0.3 is 0 Å². The van der Waals surface area contributed by atoms with E-state index in [-0.39, 0.29) is 29.8 Å². The van der Waals surface area contributed by atoms with Gasteiger partial charge < -0.3 is 4.74 Å². The van der Waals surface area contributed by atoms with Gasteiger partial charge in [0.1, 0.15) is 5.75 Å². The summed E-state index contributed by atoms with van der Waals surface area (Å²) in [6.45, 7) is 0. The number of methoxy groups -OCH3 is 1. The standard InChI is InChI=1S/C34H26N4O6/c1-44-27-13-7-6-12-26(27)37-32(40)30-29-22-8-2-4-10-24(22)34(31(30)33(37)41,25-11-5-3-9-23(25)29)19-35-36-28(39)18-20-14-16-21(17-15-20)38(42)43/h2-17,19,29-31H,18H2,1H3,(H,36,39)/b35-19-/t29?,30-,31+,34?/m0/s1. The highest BCUT2D eigenvalue weighted by molar-refractivity contribution is 6.25. The molecular formula is C34H26N4O6. The van der Waals surface area contributed by atoms with E-state index in [1.807, 2.05) is 48.5 Å². The number of non-ortho nitro benzene ring substituents is 1. The number of nitro benzene ring substituents is 1. The Bertz CT molecular complexity index is 1840. The number of nitrogens with one attached hydrogen (secondary N) is 1. The number of carbonyl (C=O) groups is 3. The second-order valence-corrected chi connectivity index (χ2v) is 11.1. The first-order chi connectivity index (χ1) is 21.4. The normalized spacial score (nSPS) is 22.8. The summed E-state index contributed by atoms with van der Waals surface area (Å²) in [7, 11) is 1.50. The molecule has 2 bridgehead atoms. The van der Waals surface area contributed by atoms with Crippen LogP contribution in [0.2, 0.25) is 0 Å². The maximum atomic E-state index is 14.5. The molecule has 0 aromatic heterocycles. The molecule has 3 amide bonds. The molecule has 0 saturated carbocycles. The summed E-state index contributed by atoms with van der Waals surface area (Å²) in [5.41, 5.74) is 5.96. The van der Waals surface area contributed by atoms with Crippen LogP contribution in [0.15, 0.2) is 102 Å². The zero-order chi connectivity index (χ0) is 30.6. The van der Waals surface area contributed by atoms with Crippen molar-refractivity contribution in [3.63, 3.8) is 0 Å². The Morgan fingerprint density at radius 1 is 0.932 bits per heavy atom. The molecule has 4 aromatic rings. The average Bonchev–Trinajstić information content (AvgIpc) is 3.31. The van der Waals surface area contributed by atoms with Crippen LogP contribution >= 0.6 is 0 Å². The van der Waals surface area contributed by atoms with Crippen LogP contribution in [-0.2, 0) is 26.2 Å². The molecular weight excluding hydrogens is 560 g/mol. The lowest BCUT2D eigenvalue weighted by atomic mass is 9.47. The summed E-state index contributed by atoms with van der Waals surface area (Å²) in [5, 5.41) is 15.4. The van der Waals surface area contributed by atoms with Crippen molar-refractivity contribution in [1.29, 1.82) is 0 Å². The molecule has 0 spiro atoms. The fourth-order valence-electron chi connectivity index (χ4n) is 7.27. The first-order valence-electron chi connectivity index (χ1n) is 14.1. The summed E-state index contributed by atoms with van der Waals surface area (Å²) in [6, 6.07) is 28.2. The van der Waals surface area contributed by atoms with Gasteiger partial charge in [0.25, 0.3) is 5.69 Å².